The predicted octanol–water partition coefficient (Wildman–Crippen LogP) is 3.49. The van der Waals surface area contributed by atoms with Gasteiger partial charge in [-0.3, -0.25) is 4.90 Å². The molecule has 1 saturated carbocycles. The molecule has 0 bridgehead atoms. The molecule has 1 aliphatic heterocycles. The van der Waals surface area contributed by atoms with E-state index in [1.54, 1.807) is 7.11 Å². The number of fused-ring (bicyclic) bond motifs is 1. The number of esters is 1. The van der Waals surface area contributed by atoms with Gasteiger partial charge in [0, 0.05) is 18.5 Å². The lowest BCUT2D eigenvalue weighted by Gasteiger charge is -2.29. The Labute approximate surface area is 154 Å². The minimum absolute atomic E-state index is 0.193. The fraction of sp³-hybridized carbons (Fsp3) is 0.409. The van der Waals surface area contributed by atoms with Crippen molar-refractivity contribution in [1.29, 1.82) is 0 Å². The third-order valence-electron chi connectivity index (χ3n) is 6.00. The summed E-state index contributed by atoms with van der Waals surface area (Å²) in [5.41, 5.74) is 3.79. The van der Waals surface area contributed by atoms with E-state index in [2.05, 4.69) is 36.1 Å². The lowest BCUT2D eigenvalue weighted by Crippen LogP contribution is -2.36. The molecule has 1 aliphatic carbocycles. The van der Waals surface area contributed by atoms with Crippen LogP contribution in [0.15, 0.2) is 48.5 Å². The second-order valence-corrected chi connectivity index (χ2v) is 7.55. The molecular formula is C22H25NO3. The van der Waals surface area contributed by atoms with Crippen molar-refractivity contribution < 1.29 is 14.3 Å². The molecule has 4 nitrogen and oxygen atoms in total. The molecule has 0 N–H and O–H groups in total. The van der Waals surface area contributed by atoms with Crippen molar-refractivity contribution in [2.24, 2.45) is 5.92 Å². The van der Waals surface area contributed by atoms with Crippen molar-refractivity contribution in [1.82, 2.24) is 4.90 Å². The van der Waals surface area contributed by atoms with E-state index in [4.69, 9.17) is 9.47 Å². The standard InChI is InChI=1S/C22H25NO3/c1-15-7-9-17(10-8-15)22-12-18(22)13-23(14-22)20(21(24)26-3)16-5-4-6-19(11-16)25-2/h4-11,18,20H,12-14H2,1-3H3. The Morgan fingerprint density at radius 2 is 1.96 bits per heavy atom. The maximum atomic E-state index is 12.6. The number of nitrogens with zero attached hydrogens (tertiary/aromatic N) is 1. The highest BCUT2D eigenvalue weighted by Crippen LogP contribution is 2.60. The molecule has 26 heavy (non-hydrogen) atoms. The molecule has 4 rings (SSSR count). The number of methoxy groups -OCH3 is 2. The van der Waals surface area contributed by atoms with Crippen LogP contribution in [-0.4, -0.2) is 38.2 Å². The number of hydrogen-bond acceptors (Lipinski definition) is 4. The third kappa shape index (κ3) is 2.78. The molecule has 2 aliphatic rings. The number of likely N-dealkylation sites (tertiary alicyclic amines) is 1. The first kappa shape index (κ1) is 17.1. The fourth-order valence-corrected chi connectivity index (χ4v) is 4.47. The van der Waals surface area contributed by atoms with Gasteiger partial charge < -0.3 is 9.47 Å². The number of hydrogen-bond donors (Lipinski definition) is 0. The molecule has 4 heteroatoms. The molecule has 2 fully saturated rings. The second-order valence-electron chi connectivity index (χ2n) is 7.55. The summed E-state index contributed by atoms with van der Waals surface area (Å²) in [5, 5.41) is 0. The van der Waals surface area contributed by atoms with Crippen molar-refractivity contribution in [3.63, 3.8) is 0 Å². The summed E-state index contributed by atoms with van der Waals surface area (Å²) < 4.78 is 10.5. The van der Waals surface area contributed by atoms with Gasteiger partial charge in [0.25, 0.3) is 0 Å². The average Bonchev–Trinajstić information content (AvgIpc) is 3.24. The van der Waals surface area contributed by atoms with Crippen molar-refractivity contribution in [2.75, 3.05) is 27.3 Å². The van der Waals surface area contributed by atoms with Crippen LogP contribution in [0.2, 0.25) is 0 Å². The molecular weight excluding hydrogens is 326 g/mol. The summed E-state index contributed by atoms with van der Waals surface area (Å²) >= 11 is 0. The van der Waals surface area contributed by atoms with Crippen LogP contribution in [0.4, 0.5) is 0 Å². The molecule has 2 aromatic carbocycles. The topological polar surface area (TPSA) is 38.8 Å². The maximum Gasteiger partial charge on any atom is 0.327 e. The summed E-state index contributed by atoms with van der Waals surface area (Å²) in [4.78, 5) is 14.9. The van der Waals surface area contributed by atoms with Gasteiger partial charge in [0.2, 0.25) is 0 Å². The summed E-state index contributed by atoms with van der Waals surface area (Å²) in [6, 6.07) is 16.2. The molecule has 1 heterocycles. The lowest BCUT2D eigenvalue weighted by atomic mass is 9.94. The Morgan fingerprint density at radius 3 is 2.65 bits per heavy atom. The summed E-state index contributed by atoms with van der Waals surface area (Å²) in [5.74, 6) is 1.16. The van der Waals surface area contributed by atoms with Crippen LogP contribution in [0.25, 0.3) is 0 Å². The normalized spacial score (nSPS) is 25.4. The lowest BCUT2D eigenvalue weighted by molar-refractivity contribution is -0.147. The minimum Gasteiger partial charge on any atom is -0.497 e. The van der Waals surface area contributed by atoms with E-state index in [1.807, 2.05) is 24.3 Å². The highest BCUT2D eigenvalue weighted by atomic mass is 16.5. The van der Waals surface area contributed by atoms with Gasteiger partial charge in [-0.2, -0.15) is 0 Å². The van der Waals surface area contributed by atoms with Gasteiger partial charge in [0.15, 0.2) is 0 Å². The molecule has 3 atom stereocenters. The van der Waals surface area contributed by atoms with E-state index in [1.165, 1.54) is 24.7 Å². The van der Waals surface area contributed by atoms with E-state index in [0.717, 1.165) is 24.4 Å². The van der Waals surface area contributed by atoms with Crippen LogP contribution in [0.3, 0.4) is 0 Å². The van der Waals surface area contributed by atoms with E-state index >= 15 is 0 Å². The smallest absolute Gasteiger partial charge is 0.327 e. The van der Waals surface area contributed by atoms with Crippen molar-refractivity contribution in [3.8, 4) is 5.75 Å². The zero-order valence-electron chi connectivity index (χ0n) is 15.6. The predicted molar refractivity (Wildman–Crippen MR) is 100 cm³/mol. The third-order valence-corrected chi connectivity index (χ3v) is 6.00. The van der Waals surface area contributed by atoms with E-state index in [0.29, 0.717) is 5.92 Å². The first-order chi connectivity index (χ1) is 12.6. The van der Waals surface area contributed by atoms with Crippen LogP contribution in [0, 0.1) is 12.8 Å². The quantitative estimate of drug-likeness (QED) is 0.773. The van der Waals surface area contributed by atoms with Crippen LogP contribution in [0.5, 0.6) is 5.75 Å². The van der Waals surface area contributed by atoms with Crippen molar-refractivity contribution >= 4 is 5.97 Å². The van der Waals surface area contributed by atoms with Gasteiger partial charge in [-0.25, -0.2) is 4.79 Å². The monoisotopic (exact) mass is 351 g/mol. The minimum atomic E-state index is -0.384. The van der Waals surface area contributed by atoms with Gasteiger partial charge in [0.1, 0.15) is 11.8 Å². The SMILES string of the molecule is COC(=O)C(c1cccc(OC)c1)N1CC2CC2(c2ccc(C)cc2)C1. The van der Waals surface area contributed by atoms with Gasteiger partial charge >= 0.3 is 5.97 Å². The van der Waals surface area contributed by atoms with Crippen molar-refractivity contribution in [2.45, 2.75) is 24.8 Å². The molecule has 0 radical (unpaired) electrons. The number of piperidine rings is 1. The summed E-state index contributed by atoms with van der Waals surface area (Å²) in [6.45, 7) is 3.92. The second kappa shape index (κ2) is 6.44. The van der Waals surface area contributed by atoms with Crippen LogP contribution >= 0.6 is 0 Å². The first-order valence-electron chi connectivity index (χ1n) is 9.10. The molecule has 2 aromatic rings. The van der Waals surface area contributed by atoms with Crippen molar-refractivity contribution in [3.05, 3.63) is 65.2 Å². The highest BCUT2D eigenvalue weighted by molar-refractivity contribution is 5.78. The highest BCUT2D eigenvalue weighted by Gasteiger charge is 2.62. The first-order valence-corrected chi connectivity index (χ1v) is 9.10. The number of benzene rings is 2. The van der Waals surface area contributed by atoms with E-state index in [9.17, 15) is 4.79 Å². The Morgan fingerprint density at radius 1 is 1.19 bits per heavy atom. The number of carbonyl (C=O) groups excluding carboxylic acids is 1. The molecule has 3 unspecified atom stereocenters. The molecule has 136 valence electrons. The largest absolute Gasteiger partial charge is 0.497 e. The van der Waals surface area contributed by atoms with Gasteiger partial charge in [0.05, 0.1) is 14.2 Å². The Kier molecular flexibility index (Phi) is 4.23. The Balaban J connectivity index is 1.62. The van der Waals surface area contributed by atoms with E-state index < -0.39 is 0 Å². The van der Waals surface area contributed by atoms with Crippen LogP contribution in [0.1, 0.15) is 29.2 Å². The molecule has 0 amide bonds. The van der Waals surface area contributed by atoms with Gasteiger partial charge in [-0.15, -0.1) is 0 Å². The Hall–Kier alpha value is -2.33. The Bertz CT molecular complexity index is 816. The van der Waals surface area contributed by atoms with Gasteiger partial charge in [-0.05, 0) is 42.5 Å². The van der Waals surface area contributed by atoms with Gasteiger partial charge in [-0.1, -0.05) is 42.0 Å². The van der Waals surface area contributed by atoms with E-state index in [-0.39, 0.29) is 17.4 Å². The summed E-state index contributed by atoms with van der Waals surface area (Å²) in [6.07, 6.45) is 1.21. The zero-order chi connectivity index (χ0) is 18.3. The summed E-state index contributed by atoms with van der Waals surface area (Å²) in [7, 11) is 3.10. The molecule has 0 spiro atoms. The van der Waals surface area contributed by atoms with Crippen LogP contribution in [-0.2, 0) is 14.9 Å². The number of ether oxygens (including phenoxy) is 2. The zero-order valence-corrected chi connectivity index (χ0v) is 15.6. The number of carbonyl (C=O) groups is 1. The number of rotatable bonds is 5. The molecule has 0 aromatic heterocycles. The molecule has 1 saturated heterocycles. The average molecular weight is 351 g/mol. The maximum absolute atomic E-state index is 12.6. The fourth-order valence-electron chi connectivity index (χ4n) is 4.47. The van der Waals surface area contributed by atoms with Crippen LogP contribution < -0.4 is 4.74 Å². The number of aryl methyl sites for hydroxylation is 1.